The van der Waals surface area contributed by atoms with Gasteiger partial charge in [-0.05, 0) is 19.9 Å². The van der Waals surface area contributed by atoms with Crippen LogP contribution in [0, 0.1) is 0 Å². The van der Waals surface area contributed by atoms with Gasteiger partial charge < -0.3 is 14.7 Å². The summed E-state index contributed by atoms with van der Waals surface area (Å²) in [5.41, 5.74) is 1.06. The highest BCUT2D eigenvalue weighted by Gasteiger charge is 2.28. The number of anilines is 1. The van der Waals surface area contributed by atoms with Crippen LogP contribution in [0.4, 0.5) is 5.69 Å². The fourth-order valence-electron chi connectivity index (χ4n) is 2.00. The number of carboxylic acids is 1. The minimum absolute atomic E-state index is 0.216. The second kappa shape index (κ2) is 4.71. The number of ether oxygens (including phenoxy) is 1. The standard InChI is InChI=1S/C12H16N2O3/c1-8(2)14(11-6-17-7-11)10-3-9(12(15)16)4-13-5-10/h3-5,8,11H,6-7H2,1-2H3,(H,15,16). The molecule has 0 atom stereocenters. The minimum atomic E-state index is -0.951. The highest BCUT2D eigenvalue weighted by molar-refractivity contribution is 5.88. The fraction of sp³-hybridized carbons (Fsp3) is 0.500. The summed E-state index contributed by atoms with van der Waals surface area (Å²) in [7, 11) is 0. The number of aromatic nitrogens is 1. The van der Waals surface area contributed by atoms with Gasteiger partial charge in [0.05, 0.1) is 36.7 Å². The number of nitrogens with zero attached hydrogens (tertiary/aromatic N) is 2. The maximum atomic E-state index is 10.9. The molecule has 1 fully saturated rings. The smallest absolute Gasteiger partial charge is 0.337 e. The van der Waals surface area contributed by atoms with Gasteiger partial charge in [0.25, 0.3) is 0 Å². The van der Waals surface area contributed by atoms with E-state index in [1.54, 1.807) is 12.3 Å². The van der Waals surface area contributed by atoms with Gasteiger partial charge in [-0.15, -0.1) is 0 Å². The molecule has 1 N–H and O–H groups in total. The molecule has 1 aliphatic rings. The van der Waals surface area contributed by atoms with Crippen molar-refractivity contribution in [3.8, 4) is 0 Å². The monoisotopic (exact) mass is 236 g/mol. The zero-order valence-electron chi connectivity index (χ0n) is 9.96. The van der Waals surface area contributed by atoms with E-state index in [0.717, 1.165) is 5.69 Å². The summed E-state index contributed by atoms with van der Waals surface area (Å²) < 4.78 is 5.19. The van der Waals surface area contributed by atoms with Gasteiger partial charge in [0.1, 0.15) is 0 Å². The van der Waals surface area contributed by atoms with E-state index in [1.807, 2.05) is 0 Å². The first kappa shape index (κ1) is 11.9. The maximum Gasteiger partial charge on any atom is 0.337 e. The lowest BCUT2D eigenvalue weighted by Gasteiger charge is -2.41. The summed E-state index contributed by atoms with van der Waals surface area (Å²) in [6.07, 6.45) is 3.06. The van der Waals surface area contributed by atoms with Gasteiger partial charge in [0, 0.05) is 12.2 Å². The zero-order valence-corrected chi connectivity index (χ0v) is 9.96. The fourth-order valence-corrected chi connectivity index (χ4v) is 2.00. The molecule has 92 valence electrons. The van der Waals surface area contributed by atoms with Gasteiger partial charge in [-0.25, -0.2) is 4.79 Å². The van der Waals surface area contributed by atoms with Crippen LogP contribution in [0.2, 0.25) is 0 Å². The number of hydrogen-bond acceptors (Lipinski definition) is 4. The van der Waals surface area contributed by atoms with E-state index >= 15 is 0 Å². The highest BCUT2D eigenvalue weighted by atomic mass is 16.5. The van der Waals surface area contributed by atoms with E-state index in [9.17, 15) is 4.79 Å². The average molecular weight is 236 g/mol. The predicted octanol–water partition coefficient (Wildman–Crippen LogP) is 1.39. The second-order valence-corrected chi connectivity index (χ2v) is 4.43. The molecule has 1 aromatic rings. The van der Waals surface area contributed by atoms with Crippen LogP contribution in [0.3, 0.4) is 0 Å². The van der Waals surface area contributed by atoms with Crippen molar-refractivity contribution in [1.29, 1.82) is 0 Å². The van der Waals surface area contributed by atoms with Crippen LogP contribution in [0.15, 0.2) is 18.5 Å². The Hall–Kier alpha value is -1.62. The molecule has 0 spiro atoms. The lowest BCUT2D eigenvalue weighted by Crippen LogP contribution is -2.52. The van der Waals surface area contributed by atoms with Crippen LogP contribution in [0.5, 0.6) is 0 Å². The Morgan fingerprint density at radius 2 is 2.24 bits per heavy atom. The molecule has 0 bridgehead atoms. The van der Waals surface area contributed by atoms with E-state index in [4.69, 9.17) is 9.84 Å². The molecule has 0 saturated carbocycles. The summed E-state index contributed by atoms with van der Waals surface area (Å²) >= 11 is 0. The molecule has 0 unspecified atom stereocenters. The first-order chi connectivity index (χ1) is 8.09. The lowest BCUT2D eigenvalue weighted by molar-refractivity contribution is 0.00575. The Bertz CT molecular complexity index is 416. The molecule has 5 heteroatoms. The third kappa shape index (κ3) is 2.39. The summed E-state index contributed by atoms with van der Waals surface area (Å²) in [6, 6.07) is 2.27. The largest absolute Gasteiger partial charge is 0.478 e. The van der Waals surface area contributed by atoms with Crippen molar-refractivity contribution >= 4 is 11.7 Å². The van der Waals surface area contributed by atoms with E-state index in [0.29, 0.717) is 19.3 Å². The molecule has 1 aromatic heterocycles. The Morgan fingerprint density at radius 1 is 1.53 bits per heavy atom. The highest BCUT2D eigenvalue weighted by Crippen LogP contribution is 2.23. The summed E-state index contributed by atoms with van der Waals surface area (Å²) in [5, 5.41) is 8.96. The van der Waals surface area contributed by atoms with E-state index < -0.39 is 5.97 Å². The van der Waals surface area contributed by atoms with Crippen molar-refractivity contribution in [3.05, 3.63) is 24.0 Å². The lowest BCUT2D eigenvalue weighted by atomic mass is 10.1. The SMILES string of the molecule is CC(C)N(c1cncc(C(=O)O)c1)C1COC1. The quantitative estimate of drug-likeness (QED) is 0.856. The normalized spacial score (nSPS) is 15.7. The number of rotatable bonds is 4. The Morgan fingerprint density at radius 3 is 2.71 bits per heavy atom. The molecule has 5 nitrogen and oxygen atoms in total. The molecule has 1 saturated heterocycles. The summed E-state index contributed by atoms with van der Waals surface area (Å²) in [6.45, 7) is 5.53. The number of carbonyl (C=O) groups is 1. The molecule has 0 aromatic carbocycles. The Kier molecular flexibility index (Phi) is 3.28. The van der Waals surface area contributed by atoms with E-state index in [1.165, 1.54) is 6.20 Å². The zero-order chi connectivity index (χ0) is 12.4. The van der Waals surface area contributed by atoms with Crippen LogP contribution in [-0.2, 0) is 4.74 Å². The van der Waals surface area contributed by atoms with E-state index in [-0.39, 0.29) is 11.6 Å². The third-order valence-electron chi connectivity index (χ3n) is 2.84. The summed E-state index contributed by atoms with van der Waals surface area (Å²) in [5.74, 6) is -0.951. The van der Waals surface area contributed by atoms with Crippen LogP contribution in [-0.4, -0.2) is 41.4 Å². The molecule has 0 radical (unpaired) electrons. The van der Waals surface area contributed by atoms with Gasteiger partial charge in [0.15, 0.2) is 0 Å². The van der Waals surface area contributed by atoms with Gasteiger partial charge in [-0.3, -0.25) is 4.98 Å². The molecular weight excluding hydrogens is 220 g/mol. The Balaban J connectivity index is 2.28. The molecule has 1 aliphatic heterocycles. The summed E-state index contributed by atoms with van der Waals surface area (Å²) in [4.78, 5) is 17.1. The van der Waals surface area contributed by atoms with Gasteiger partial charge in [-0.1, -0.05) is 0 Å². The van der Waals surface area contributed by atoms with Crippen molar-refractivity contribution in [2.75, 3.05) is 18.1 Å². The first-order valence-electron chi connectivity index (χ1n) is 5.64. The van der Waals surface area contributed by atoms with Gasteiger partial charge >= 0.3 is 5.97 Å². The minimum Gasteiger partial charge on any atom is -0.478 e. The van der Waals surface area contributed by atoms with Gasteiger partial charge in [-0.2, -0.15) is 0 Å². The topological polar surface area (TPSA) is 62.7 Å². The van der Waals surface area contributed by atoms with E-state index in [2.05, 4.69) is 23.7 Å². The molecular formula is C12H16N2O3. The van der Waals surface area contributed by atoms with Crippen LogP contribution in [0.25, 0.3) is 0 Å². The first-order valence-corrected chi connectivity index (χ1v) is 5.64. The Labute approximate surface area is 100 Å². The number of carboxylic acid groups (broad SMARTS) is 1. The van der Waals surface area contributed by atoms with Crippen molar-refractivity contribution in [3.63, 3.8) is 0 Å². The van der Waals surface area contributed by atoms with Crippen molar-refractivity contribution in [2.24, 2.45) is 0 Å². The number of pyridine rings is 1. The van der Waals surface area contributed by atoms with Crippen LogP contribution < -0.4 is 4.90 Å². The van der Waals surface area contributed by atoms with Crippen molar-refractivity contribution in [2.45, 2.75) is 25.9 Å². The molecule has 17 heavy (non-hydrogen) atoms. The maximum absolute atomic E-state index is 10.9. The van der Waals surface area contributed by atoms with Crippen molar-refractivity contribution in [1.82, 2.24) is 4.98 Å². The molecule has 2 rings (SSSR count). The molecule has 0 aliphatic carbocycles. The van der Waals surface area contributed by atoms with Crippen LogP contribution in [0.1, 0.15) is 24.2 Å². The third-order valence-corrected chi connectivity index (χ3v) is 2.84. The van der Waals surface area contributed by atoms with Gasteiger partial charge in [0.2, 0.25) is 0 Å². The molecule has 2 heterocycles. The predicted molar refractivity (Wildman–Crippen MR) is 63.4 cm³/mol. The number of hydrogen-bond donors (Lipinski definition) is 1. The van der Waals surface area contributed by atoms with Crippen molar-refractivity contribution < 1.29 is 14.6 Å². The number of aromatic carboxylic acids is 1. The van der Waals surface area contributed by atoms with Crippen LogP contribution >= 0.6 is 0 Å². The second-order valence-electron chi connectivity index (χ2n) is 4.43. The molecule has 0 amide bonds. The average Bonchev–Trinajstić information content (AvgIpc) is 2.22.